The van der Waals surface area contributed by atoms with Gasteiger partial charge in [-0.05, 0) is 49.7 Å². The normalized spacial score (nSPS) is 11.4. The smallest absolute Gasteiger partial charge is 0.338 e. The van der Waals surface area contributed by atoms with E-state index in [2.05, 4.69) is 10.6 Å². The van der Waals surface area contributed by atoms with Gasteiger partial charge < -0.3 is 19.8 Å². The summed E-state index contributed by atoms with van der Waals surface area (Å²) in [4.78, 5) is 47.5. The predicted molar refractivity (Wildman–Crippen MR) is 119 cm³/mol. The highest BCUT2D eigenvalue weighted by atomic mass is 35.5. The Hall–Kier alpha value is -4.18. The van der Waals surface area contributed by atoms with Gasteiger partial charge in [-0.2, -0.15) is 0 Å². The Morgan fingerprint density at radius 3 is 2.52 bits per heavy atom. The molecule has 1 atom stereocenters. The van der Waals surface area contributed by atoms with Crippen LogP contribution >= 0.6 is 11.6 Å². The van der Waals surface area contributed by atoms with E-state index in [0.717, 1.165) is 6.07 Å². The number of furan rings is 1. The number of nitrogens with one attached hydrogen (secondary N) is 2. The quantitative estimate of drug-likeness (QED) is 0.291. The van der Waals surface area contributed by atoms with E-state index < -0.39 is 28.8 Å². The fourth-order valence-corrected chi connectivity index (χ4v) is 2.88. The third kappa shape index (κ3) is 5.74. The van der Waals surface area contributed by atoms with Crippen molar-refractivity contribution >= 4 is 46.4 Å². The van der Waals surface area contributed by atoms with Gasteiger partial charge in [-0.3, -0.25) is 19.7 Å². The molecule has 11 heteroatoms. The molecule has 10 nitrogen and oxygen atoms in total. The van der Waals surface area contributed by atoms with Gasteiger partial charge in [0, 0.05) is 17.8 Å². The third-order valence-corrected chi connectivity index (χ3v) is 4.87. The lowest BCUT2D eigenvalue weighted by Crippen LogP contribution is -2.30. The average Bonchev–Trinajstić information content (AvgIpc) is 3.31. The number of hydrogen-bond acceptors (Lipinski definition) is 7. The minimum atomic E-state index is -1.24. The molecule has 1 aromatic heterocycles. The summed E-state index contributed by atoms with van der Waals surface area (Å²) >= 11 is 5.98. The van der Waals surface area contributed by atoms with Crippen LogP contribution in [0.15, 0.2) is 59.2 Å². The van der Waals surface area contributed by atoms with Crippen molar-refractivity contribution in [3.05, 3.63) is 86.8 Å². The molecule has 2 N–H and O–H groups in total. The minimum Gasteiger partial charge on any atom is -0.459 e. The van der Waals surface area contributed by atoms with Crippen LogP contribution < -0.4 is 10.6 Å². The molecule has 2 aromatic carbocycles. The standard InChI is InChI=1S/C22H18ClN3O7/c1-12-5-6-14(10-17(12)24-21(28)19-4-3-9-32-19)22(29)33-13(2)20(27)25-18-11-15(26(30)31)7-8-16(18)23/h3-11,13H,1-2H3,(H,24,28)(H,25,27)/t13-/m1/s1. The van der Waals surface area contributed by atoms with Crippen molar-refractivity contribution in [3.8, 4) is 0 Å². The molecule has 3 aromatic rings. The monoisotopic (exact) mass is 471 g/mol. The Kier molecular flexibility index (Phi) is 7.09. The Labute approximate surface area is 192 Å². The highest BCUT2D eigenvalue weighted by Crippen LogP contribution is 2.27. The lowest BCUT2D eigenvalue weighted by molar-refractivity contribution is -0.384. The molecular weight excluding hydrogens is 454 g/mol. The number of benzene rings is 2. The Morgan fingerprint density at radius 1 is 1.09 bits per heavy atom. The maximum absolute atomic E-state index is 12.6. The van der Waals surface area contributed by atoms with E-state index in [4.69, 9.17) is 20.8 Å². The van der Waals surface area contributed by atoms with Gasteiger partial charge in [0.1, 0.15) is 0 Å². The van der Waals surface area contributed by atoms with Crippen LogP contribution in [0.25, 0.3) is 0 Å². The molecule has 0 radical (unpaired) electrons. The molecule has 3 rings (SSSR count). The summed E-state index contributed by atoms with van der Waals surface area (Å²) < 4.78 is 10.2. The first-order chi connectivity index (χ1) is 15.7. The number of carbonyl (C=O) groups excluding carboxylic acids is 3. The van der Waals surface area contributed by atoms with Crippen LogP contribution in [-0.2, 0) is 9.53 Å². The van der Waals surface area contributed by atoms with Crippen LogP contribution in [0, 0.1) is 17.0 Å². The number of amides is 2. The van der Waals surface area contributed by atoms with Crippen molar-refractivity contribution in [2.24, 2.45) is 0 Å². The first kappa shape index (κ1) is 23.5. The van der Waals surface area contributed by atoms with Crippen LogP contribution in [0.2, 0.25) is 5.02 Å². The molecule has 0 aliphatic carbocycles. The molecule has 0 spiro atoms. The first-order valence-electron chi connectivity index (χ1n) is 9.57. The number of rotatable bonds is 7. The van der Waals surface area contributed by atoms with Crippen LogP contribution in [0.4, 0.5) is 17.1 Å². The van der Waals surface area contributed by atoms with Crippen LogP contribution in [0.1, 0.15) is 33.4 Å². The SMILES string of the molecule is Cc1ccc(C(=O)O[C@H](C)C(=O)Nc2cc([N+](=O)[O-])ccc2Cl)cc1NC(=O)c1ccco1. The van der Waals surface area contributed by atoms with E-state index in [0.29, 0.717) is 11.3 Å². The molecule has 33 heavy (non-hydrogen) atoms. The summed E-state index contributed by atoms with van der Waals surface area (Å²) in [5.41, 5.74) is 0.910. The maximum Gasteiger partial charge on any atom is 0.338 e. The number of nitro groups is 1. The second-order valence-electron chi connectivity index (χ2n) is 6.92. The van der Waals surface area contributed by atoms with Gasteiger partial charge in [-0.25, -0.2) is 4.79 Å². The maximum atomic E-state index is 12.6. The number of hydrogen-bond donors (Lipinski definition) is 2. The van der Waals surface area contributed by atoms with Gasteiger partial charge in [0.05, 0.1) is 27.5 Å². The zero-order chi connectivity index (χ0) is 24.1. The number of non-ortho nitro benzene ring substituents is 1. The zero-order valence-electron chi connectivity index (χ0n) is 17.5. The van der Waals surface area contributed by atoms with E-state index >= 15 is 0 Å². The minimum absolute atomic E-state index is 0.0111. The van der Waals surface area contributed by atoms with Crippen molar-refractivity contribution in [2.75, 3.05) is 10.6 Å². The van der Waals surface area contributed by atoms with Crippen LogP contribution in [-0.4, -0.2) is 28.8 Å². The molecule has 0 saturated heterocycles. The van der Waals surface area contributed by atoms with Crippen molar-refractivity contribution in [1.29, 1.82) is 0 Å². The molecule has 2 amide bonds. The Morgan fingerprint density at radius 2 is 1.85 bits per heavy atom. The molecule has 1 heterocycles. The molecular formula is C22H18ClN3O7. The van der Waals surface area contributed by atoms with Crippen molar-refractivity contribution in [1.82, 2.24) is 0 Å². The van der Waals surface area contributed by atoms with Gasteiger partial charge in [-0.1, -0.05) is 17.7 Å². The number of nitrogens with zero attached hydrogens (tertiary/aromatic N) is 1. The third-order valence-electron chi connectivity index (χ3n) is 4.54. The second-order valence-corrected chi connectivity index (χ2v) is 7.33. The lowest BCUT2D eigenvalue weighted by Gasteiger charge is -2.15. The summed E-state index contributed by atoms with van der Waals surface area (Å²) in [7, 11) is 0. The highest BCUT2D eigenvalue weighted by molar-refractivity contribution is 6.33. The molecule has 0 bridgehead atoms. The Bertz CT molecular complexity index is 1220. The summed E-state index contributed by atoms with van der Waals surface area (Å²) in [6.45, 7) is 3.08. The van der Waals surface area contributed by atoms with Gasteiger partial charge in [0.25, 0.3) is 17.5 Å². The first-order valence-corrected chi connectivity index (χ1v) is 9.95. The topological polar surface area (TPSA) is 141 Å². The van der Waals surface area contributed by atoms with Gasteiger partial charge in [0.15, 0.2) is 11.9 Å². The van der Waals surface area contributed by atoms with Crippen molar-refractivity contribution in [3.63, 3.8) is 0 Å². The van der Waals surface area contributed by atoms with E-state index in [1.165, 1.54) is 43.5 Å². The molecule has 170 valence electrons. The zero-order valence-corrected chi connectivity index (χ0v) is 18.2. The van der Waals surface area contributed by atoms with E-state index in [1.54, 1.807) is 19.1 Å². The lowest BCUT2D eigenvalue weighted by atomic mass is 10.1. The van der Waals surface area contributed by atoms with Crippen LogP contribution in [0.5, 0.6) is 0 Å². The summed E-state index contributed by atoms with van der Waals surface area (Å²) in [6.07, 6.45) is 0.123. The molecule has 0 aliphatic heterocycles. The van der Waals surface area contributed by atoms with Gasteiger partial charge >= 0.3 is 5.97 Å². The highest BCUT2D eigenvalue weighted by Gasteiger charge is 2.22. The van der Waals surface area contributed by atoms with Gasteiger partial charge in [-0.15, -0.1) is 0 Å². The number of anilines is 2. The molecule has 0 saturated carbocycles. The molecule has 0 fully saturated rings. The fourth-order valence-electron chi connectivity index (χ4n) is 2.71. The summed E-state index contributed by atoms with van der Waals surface area (Å²) in [5, 5.41) is 16.1. The fraction of sp³-hybridized carbons (Fsp3) is 0.136. The van der Waals surface area contributed by atoms with Gasteiger partial charge in [0.2, 0.25) is 0 Å². The predicted octanol–water partition coefficient (Wildman–Crippen LogP) is 4.59. The van der Waals surface area contributed by atoms with Crippen LogP contribution in [0.3, 0.4) is 0 Å². The Balaban J connectivity index is 1.68. The average molecular weight is 472 g/mol. The van der Waals surface area contributed by atoms with E-state index in [-0.39, 0.29) is 27.7 Å². The molecule has 0 unspecified atom stereocenters. The largest absolute Gasteiger partial charge is 0.459 e. The second kappa shape index (κ2) is 9.96. The van der Waals surface area contributed by atoms with Crippen molar-refractivity contribution < 1.29 is 28.5 Å². The van der Waals surface area contributed by atoms with Crippen molar-refractivity contribution in [2.45, 2.75) is 20.0 Å². The number of esters is 1. The van der Waals surface area contributed by atoms with E-state index in [9.17, 15) is 24.5 Å². The number of nitro benzene ring substituents is 1. The number of carbonyl (C=O) groups is 3. The number of aryl methyl sites for hydroxylation is 1. The number of halogens is 1. The molecule has 0 aliphatic rings. The summed E-state index contributed by atoms with van der Waals surface area (Å²) in [6, 6.07) is 11.2. The van der Waals surface area contributed by atoms with E-state index in [1.807, 2.05) is 0 Å². The summed E-state index contributed by atoms with van der Waals surface area (Å²) in [5.74, 6) is -1.93. The number of ether oxygens (including phenoxy) is 1.